The van der Waals surface area contributed by atoms with E-state index in [4.69, 9.17) is 5.11 Å². The van der Waals surface area contributed by atoms with Crippen LogP contribution in [-0.4, -0.2) is 34.5 Å². The smallest absolute Gasteiger partial charge is 0.326 e. The first-order chi connectivity index (χ1) is 8.09. The zero-order valence-electron chi connectivity index (χ0n) is 9.72. The van der Waals surface area contributed by atoms with E-state index in [0.717, 1.165) is 12.0 Å². The van der Waals surface area contributed by atoms with Crippen LogP contribution in [-0.2, 0) is 4.79 Å². The summed E-state index contributed by atoms with van der Waals surface area (Å²) in [5, 5.41) is 9.04. The normalized spacial score (nSPS) is 19.4. The third-order valence-electron chi connectivity index (χ3n) is 3.06. The van der Waals surface area contributed by atoms with Gasteiger partial charge in [-0.05, 0) is 31.9 Å². The molecule has 2 rings (SSSR count). The van der Waals surface area contributed by atoms with Crippen LogP contribution in [0.5, 0.6) is 0 Å². The molecule has 1 heterocycles. The van der Waals surface area contributed by atoms with E-state index in [1.54, 1.807) is 12.1 Å². The van der Waals surface area contributed by atoms with Crippen molar-refractivity contribution in [2.45, 2.75) is 25.8 Å². The Kier molecular flexibility index (Phi) is 3.13. The molecular weight excluding hydrogens is 218 g/mol. The zero-order chi connectivity index (χ0) is 12.4. The number of aryl methyl sites for hydroxylation is 1. The van der Waals surface area contributed by atoms with Gasteiger partial charge in [0.2, 0.25) is 0 Å². The van der Waals surface area contributed by atoms with Crippen LogP contribution in [0.4, 0.5) is 0 Å². The SMILES string of the molecule is Cc1cccc(C(=O)N2CCCC2C(=O)O)c1. The lowest BCUT2D eigenvalue weighted by molar-refractivity contribution is -0.141. The van der Waals surface area contributed by atoms with Gasteiger partial charge in [0.1, 0.15) is 6.04 Å². The first-order valence-corrected chi connectivity index (χ1v) is 5.70. The van der Waals surface area contributed by atoms with E-state index in [9.17, 15) is 9.59 Å². The van der Waals surface area contributed by atoms with Crippen molar-refractivity contribution in [2.24, 2.45) is 0 Å². The molecule has 0 bridgehead atoms. The predicted molar refractivity (Wildman–Crippen MR) is 62.9 cm³/mol. The Morgan fingerprint density at radius 3 is 2.82 bits per heavy atom. The average molecular weight is 233 g/mol. The van der Waals surface area contributed by atoms with Gasteiger partial charge in [-0.3, -0.25) is 4.79 Å². The number of nitrogens with zero attached hydrogens (tertiary/aromatic N) is 1. The Morgan fingerprint density at radius 1 is 1.41 bits per heavy atom. The molecule has 1 N–H and O–H groups in total. The number of likely N-dealkylation sites (tertiary alicyclic amines) is 1. The molecule has 1 saturated heterocycles. The number of benzene rings is 1. The number of carbonyl (C=O) groups excluding carboxylic acids is 1. The minimum absolute atomic E-state index is 0.182. The van der Waals surface area contributed by atoms with Crippen molar-refractivity contribution in [2.75, 3.05) is 6.54 Å². The fourth-order valence-corrected chi connectivity index (χ4v) is 2.21. The van der Waals surface area contributed by atoms with E-state index >= 15 is 0 Å². The van der Waals surface area contributed by atoms with Crippen LogP contribution in [0.15, 0.2) is 24.3 Å². The number of carboxylic acids is 1. The molecule has 0 aromatic heterocycles. The highest BCUT2D eigenvalue weighted by Crippen LogP contribution is 2.20. The molecule has 0 radical (unpaired) electrons. The molecule has 17 heavy (non-hydrogen) atoms. The van der Waals surface area contributed by atoms with Gasteiger partial charge in [0, 0.05) is 12.1 Å². The molecule has 0 aliphatic carbocycles. The standard InChI is InChI=1S/C13H15NO3/c1-9-4-2-5-10(8-9)12(15)14-7-3-6-11(14)13(16)17/h2,4-5,8,11H,3,6-7H2,1H3,(H,16,17). The first-order valence-electron chi connectivity index (χ1n) is 5.70. The highest BCUT2D eigenvalue weighted by atomic mass is 16.4. The summed E-state index contributed by atoms with van der Waals surface area (Å²) in [7, 11) is 0. The number of rotatable bonds is 2. The topological polar surface area (TPSA) is 57.6 Å². The summed E-state index contributed by atoms with van der Waals surface area (Å²) in [4.78, 5) is 24.7. The summed E-state index contributed by atoms with van der Waals surface area (Å²) in [6.07, 6.45) is 1.31. The van der Waals surface area contributed by atoms with Crippen molar-refractivity contribution in [3.8, 4) is 0 Å². The molecular formula is C13H15NO3. The number of carbonyl (C=O) groups is 2. The highest BCUT2D eigenvalue weighted by molar-refractivity contribution is 5.97. The largest absolute Gasteiger partial charge is 0.480 e. The van der Waals surface area contributed by atoms with E-state index in [1.165, 1.54) is 4.90 Å². The predicted octanol–water partition coefficient (Wildman–Crippen LogP) is 1.68. The third kappa shape index (κ3) is 2.30. The van der Waals surface area contributed by atoms with Crippen LogP contribution in [0.25, 0.3) is 0 Å². The maximum absolute atomic E-state index is 12.2. The number of amides is 1. The van der Waals surface area contributed by atoms with Gasteiger partial charge in [-0.15, -0.1) is 0 Å². The summed E-state index contributed by atoms with van der Waals surface area (Å²) >= 11 is 0. The quantitative estimate of drug-likeness (QED) is 0.845. The molecule has 0 spiro atoms. The van der Waals surface area contributed by atoms with Crippen molar-refractivity contribution in [3.05, 3.63) is 35.4 Å². The average Bonchev–Trinajstić information content (AvgIpc) is 2.77. The number of hydrogen-bond acceptors (Lipinski definition) is 2. The second-order valence-electron chi connectivity index (χ2n) is 4.36. The van der Waals surface area contributed by atoms with Crippen molar-refractivity contribution >= 4 is 11.9 Å². The first kappa shape index (κ1) is 11.6. The van der Waals surface area contributed by atoms with Gasteiger partial charge >= 0.3 is 5.97 Å². The van der Waals surface area contributed by atoms with Crippen LogP contribution in [0.3, 0.4) is 0 Å². The van der Waals surface area contributed by atoms with Gasteiger partial charge in [-0.1, -0.05) is 17.7 Å². The third-order valence-corrected chi connectivity index (χ3v) is 3.06. The maximum Gasteiger partial charge on any atom is 0.326 e. The van der Waals surface area contributed by atoms with Crippen LogP contribution in [0.1, 0.15) is 28.8 Å². The molecule has 90 valence electrons. The molecule has 1 aromatic carbocycles. The maximum atomic E-state index is 12.2. The van der Waals surface area contributed by atoms with E-state index in [1.807, 2.05) is 19.1 Å². The minimum Gasteiger partial charge on any atom is -0.480 e. The Hall–Kier alpha value is -1.84. The Labute approximate surface area is 99.9 Å². The van der Waals surface area contributed by atoms with Crippen molar-refractivity contribution in [1.82, 2.24) is 4.90 Å². The summed E-state index contributed by atoms with van der Waals surface area (Å²) < 4.78 is 0. The molecule has 4 nitrogen and oxygen atoms in total. The zero-order valence-corrected chi connectivity index (χ0v) is 9.72. The van der Waals surface area contributed by atoms with E-state index in [2.05, 4.69) is 0 Å². The summed E-state index contributed by atoms with van der Waals surface area (Å²) in [5.74, 6) is -1.10. The molecule has 4 heteroatoms. The van der Waals surface area contributed by atoms with Gasteiger partial charge in [0.15, 0.2) is 0 Å². The molecule has 1 unspecified atom stereocenters. The number of hydrogen-bond donors (Lipinski definition) is 1. The second kappa shape index (κ2) is 4.57. The highest BCUT2D eigenvalue weighted by Gasteiger charge is 2.34. The fourth-order valence-electron chi connectivity index (χ4n) is 2.21. The van der Waals surface area contributed by atoms with Gasteiger partial charge in [-0.2, -0.15) is 0 Å². The van der Waals surface area contributed by atoms with Gasteiger partial charge in [0.05, 0.1) is 0 Å². The lowest BCUT2D eigenvalue weighted by atomic mass is 10.1. The van der Waals surface area contributed by atoms with Gasteiger partial charge < -0.3 is 10.0 Å². The summed E-state index contributed by atoms with van der Waals surface area (Å²) in [6.45, 7) is 2.44. The van der Waals surface area contributed by atoms with E-state index in [-0.39, 0.29) is 5.91 Å². The molecule has 1 aromatic rings. The Morgan fingerprint density at radius 2 is 2.18 bits per heavy atom. The minimum atomic E-state index is -0.913. The van der Waals surface area contributed by atoms with Crippen molar-refractivity contribution < 1.29 is 14.7 Å². The molecule has 1 fully saturated rings. The molecule has 1 atom stereocenters. The van der Waals surface area contributed by atoms with Crippen LogP contribution >= 0.6 is 0 Å². The lowest BCUT2D eigenvalue weighted by Crippen LogP contribution is -2.40. The summed E-state index contributed by atoms with van der Waals surface area (Å²) in [6, 6.07) is 6.58. The number of carboxylic acid groups (broad SMARTS) is 1. The Balaban J connectivity index is 2.23. The van der Waals surface area contributed by atoms with Crippen molar-refractivity contribution in [3.63, 3.8) is 0 Å². The van der Waals surface area contributed by atoms with E-state index < -0.39 is 12.0 Å². The van der Waals surface area contributed by atoms with Crippen LogP contribution in [0.2, 0.25) is 0 Å². The molecule has 1 amide bonds. The summed E-state index contributed by atoms with van der Waals surface area (Å²) in [5.41, 5.74) is 1.57. The monoisotopic (exact) mass is 233 g/mol. The fraction of sp³-hybridized carbons (Fsp3) is 0.385. The van der Waals surface area contributed by atoms with Gasteiger partial charge in [-0.25, -0.2) is 4.79 Å². The Bertz CT molecular complexity index is 456. The van der Waals surface area contributed by atoms with Gasteiger partial charge in [0.25, 0.3) is 5.91 Å². The second-order valence-corrected chi connectivity index (χ2v) is 4.36. The molecule has 1 aliphatic rings. The lowest BCUT2D eigenvalue weighted by Gasteiger charge is -2.21. The van der Waals surface area contributed by atoms with Crippen LogP contribution < -0.4 is 0 Å². The molecule has 0 saturated carbocycles. The van der Waals surface area contributed by atoms with Crippen LogP contribution in [0, 0.1) is 6.92 Å². The molecule has 1 aliphatic heterocycles. The van der Waals surface area contributed by atoms with Crippen molar-refractivity contribution in [1.29, 1.82) is 0 Å². The number of aliphatic carboxylic acids is 1. The van der Waals surface area contributed by atoms with E-state index in [0.29, 0.717) is 18.5 Å².